The molecule has 2 bridgehead atoms. The second-order valence-electron chi connectivity index (χ2n) is 5.07. The van der Waals surface area contributed by atoms with Crippen molar-refractivity contribution >= 4 is 11.8 Å². The number of piperidine rings is 1. The highest BCUT2D eigenvalue weighted by Gasteiger charge is 2.44. The first-order valence-corrected chi connectivity index (χ1v) is 6.45. The number of carbonyl (C=O) groups is 2. The minimum Gasteiger partial charge on any atom is -0.282 e. The summed E-state index contributed by atoms with van der Waals surface area (Å²) in [4.78, 5) is 29.6. The van der Waals surface area contributed by atoms with Crippen LogP contribution in [0.4, 0.5) is 0 Å². The number of nitrogens with zero attached hydrogens (tertiary/aromatic N) is 3. The van der Waals surface area contributed by atoms with Gasteiger partial charge in [0.15, 0.2) is 0 Å². The monoisotopic (exact) mass is 248 g/mol. The quantitative estimate of drug-likeness (QED) is 0.788. The summed E-state index contributed by atoms with van der Waals surface area (Å²) in [5.74, 6) is 1.06. The van der Waals surface area contributed by atoms with Crippen molar-refractivity contribution < 1.29 is 9.59 Å². The summed E-state index contributed by atoms with van der Waals surface area (Å²) in [5, 5.41) is 6.55. The molecule has 96 valence electrons. The Labute approximate surface area is 105 Å². The Morgan fingerprint density at radius 2 is 2.00 bits per heavy atom. The lowest BCUT2D eigenvalue weighted by Gasteiger charge is -2.29. The number of nitrogens with one attached hydrogen (secondary N) is 1. The molecule has 0 spiro atoms. The van der Waals surface area contributed by atoms with Crippen molar-refractivity contribution in [2.75, 3.05) is 6.54 Å². The average Bonchev–Trinajstić information content (AvgIpc) is 3.01. The molecular weight excluding hydrogens is 232 g/mol. The topological polar surface area (TPSA) is 79.0 Å². The largest absolute Gasteiger partial charge is 0.282 e. The minimum atomic E-state index is 0.0336. The number of carbonyl (C=O) groups excluding carboxylic acids is 2. The summed E-state index contributed by atoms with van der Waals surface area (Å²) in [6, 6.07) is 0. The molecule has 2 unspecified atom stereocenters. The zero-order valence-electron chi connectivity index (χ0n) is 10.1. The number of likely N-dealkylation sites (tertiary alicyclic amines) is 1. The molecule has 2 aliphatic rings. The van der Waals surface area contributed by atoms with Crippen LogP contribution in [0.15, 0.2) is 6.33 Å². The first kappa shape index (κ1) is 11.4. The summed E-state index contributed by atoms with van der Waals surface area (Å²) in [7, 11) is 0. The van der Waals surface area contributed by atoms with E-state index >= 15 is 0 Å². The van der Waals surface area contributed by atoms with Crippen molar-refractivity contribution in [3.8, 4) is 0 Å². The van der Waals surface area contributed by atoms with Gasteiger partial charge in [-0.1, -0.05) is 0 Å². The van der Waals surface area contributed by atoms with Gasteiger partial charge < -0.3 is 0 Å². The zero-order valence-corrected chi connectivity index (χ0v) is 10.1. The van der Waals surface area contributed by atoms with Gasteiger partial charge in [0.25, 0.3) is 0 Å². The third-order valence-electron chi connectivity index (χ3n) is 3.92. The lowest BCUT2D eigenvalue weighted by molar-refractivity contribution is -0.152. The summed E-state index contributed by atoms with van der Waals surface area (Å²) in [6.45, 7) is 0.505. The fourth-order valence-electron chi connectivity index (χ4n) is 2.96. The highest BCUT2D eigenvalue weighted by molar-refractivity contribution is 6.00. The van der Waals surface area contributed by atoms with Crippen LogP contribution >= 0.6 is 0 Å². The molecule has 1 aliphatic carbocycles. The van der Waals surface area contributed by atoms with Crippen LogP contribution in [0.5, 0.6) is 0 Å². The second kappa shape index (κ2) is 4.51. The fourth-order valence-corrected chi connectivity index (χ4v) is 2.96. The van der Waals surface area contributed by atoms with E-state index in [1.807, 2.05) is 0 Å². The van der Waals surface area contributed by atoms with Crippen molar-refractivity contribution in [3.63, 3.8) is 0 Å². The maximum Gasteiger partial charge on any atom is 0.232 e. The van der Waals surface area contributed by atoms with E-state index in [0.717, 1.165) is 31.5 Å². The van der Waals surface area contributed by atoms with Crippen LogP contribution in [0.2, 0.25) is 0 Å². The van der Waals surface area contributed by atoms with E-state index in [-0.39, 0.29) is 23.7 Å². The van der Waals surface area contributed by atoms with Crippen LogP contribution in [0, 0.1) is 11.8 Å². The van der Waals surface area contributed by atoms with Gasteiger partial charge in [-0.15, -0.1) is 0 Å². The number of aryl methyl sites for hydroxylation is 1. The Morgan fingerprint density at radius 1 is 1.28 bits per heavy atom. The zero-order chi connectivity index (χ0) is 12.5. The standard InChI is InChI=1S/C12H16N4O2/c17-11-8-3-4-9(6-8)12(18)16(11)5-1-2-10-13-7-14-15-10/h7-9H,1-6H2,(H,13,14,15). The molecule has 1 aromatic rings. The first-order chi connectivity index (χ1) is 8.75. The van der Waals surface area contributed by atoms with Crippen molar-refractivity contribution in [2.45, 2.75) is 32.1 Å². The molecule has 1 saturated heterocycles. The molecule has 0 aromatic carbocycles. The predicted octanol–water partition coefficient (Wildman–Crippen LogP) is 0.522. The molecule has 1 aliphatic heterocycles. The summed E-state index contributed by atoms with van der Waals surface area (Å²) >= 11 is 0. The molecular formula is C12H16N4O2. The van der Waals surface area contributed by atoms with Gasteiger partial charge in [0, 0.05) is 24.8 Å². The predicted molar refractivity (Wildman–Crippen MR) is 62.3 cm³/mol. The molecule has 2 fully saturated rings. The first-order valence-electron chi connectivity index (χ1n) is 6.45. The van der Waals surface area contributed by atoms with Gasteiger partial charge in [-0.2, -0.15) is 5.10 Å². The van der Waals surface area contributed by atoms with E-state index in [0.29, 0.717) is 13.0 Å². The molecule has 1 aromatic heterocycles. The number of amides is 2. The Bertz CT molecular complexity index is 435. The normalized spacial score (nSPS) is 27.0. The highest BCUT2D eigenvalue weighted by atomic mass is 16.2. The van der Waals surface area contributed by atoms with Crippen molar-refractivity contribution in [1.82, 2.24) is 20.1 Å². The van der Waals surface area contributed by atoms with Crippen LogP contribution in [-0.2, 0) is 16.0 Å². The Kier molecular flexibility index (Phi) is 2.85. The Hall–Kier alpha value is -1.72. The molecule has 18 heavy (non-hydrogen) atoms. The average molecular weight is 248 g/mol. The van der Waals surface area contributed by atoms with Gasteiger partial charge in [0.05, 0.1) is 0 Å². The lowest BCUT2D eigenvalue weighted by atomic mass is 9.97. The lowest BCUT2D eigenvalue weighted by Crippen LogP contribution is -2.46. The van der Waals surface area contributed by atoms with E-state index in [2.05, 4.69) is 15.2 Å². The Morgan fingerprint density at radius 3 is 2.61 bits per heavy atom. The van der Waals surface area contributed by atoms with Crippen LogP contribution in [0.25, 0.3) is 0 Å². The number of aromatic nitrogens is 3. The fraction of sp³-hybridized carbons (Fsp3) is 0.667. The van der Waals surface area contributed by atoms with E-state index in [1.54, 1.807) is 0 Å². The molecule has 1 saturated carbocycles. The molecule has 1 N–H and O–H groups in total. The van der Waals surface area contributed by atoms with Crippen LogP contribution in [0.1, 0.15) is 31.5 Å². The minimum absolute atomic E-state index is 0.0336. The molecule has 6 nitrogen and oxygen atoms in total. The number of H-pyrrole nitrogens is 1. The van der Waals surface area contributed by atoms with Gasteiger partial charge in [0.1, 0.15) is 12.2 Å². The number of aromatic amines is 1. The van der Waals surface area contributed by atoms with E-state index in [1.165, 1.54) is 11.2 Å². The molecule has 2 atom stereocenters. The van der Waals surface area contributed by atoms with E-state index in [4.69, 9.17) is 0 Å². The summed E-state index contributed by atoms with van der Waals surface area (Å²) in [5.41, 5.74) is 0. The highest BCUT2D eigenvalue weighted by Crippen LogP contribution is 2.38. The molecule has 2 amide bonds. The van der Waals surface area contributed by atoms with Crippen molar-refractivity contribution in [3.05, 3.63) is 12.2 Å². The second-order valence-corrected chi connectivity index (χ2v) is 5.07. The molecule has 0 radical (unpaired) electrons. The van der Waals surface area contributed by atoms with Gasteiger partial charge >= 0.3 is 0 Å². The number of rotatable bonds is 4. The van der Waals surface area contributed by atoms with E-state index in [9.17, 15) is 9.59 Å². The third-order valence-corrected chi connectivity index (χ3v) is 3.92. The third kappa shape index (κ3) is 1.91. The number of hydrogen-bond donors (Lipinski definition) is 1. The van der Waals surface area contributed by atoms with Gasteiger partial charge in [-0.3, -0.25) is 19.6 Å². The number of hydrogen-bond acceptors (Lipinski definition) is 4. The smallest absolute Gasteiger partial charge is 0.232 e. The van der Waals surface area contributed by atoms with Crippen LogP contribution in [-0.4, -0.2) is 38.4 Å². The SMILES string of the molecule is O=C1C2CCC(C2)C(=O)N1CCCc1ncn[nH]1. The molecule has 6 heteroatoms. The van der Waals surface area contributed by atoms with E-state index < -0.39 is 0 Å². The van der Waals surface area contributed by atoms with Crippen molar-refractivity contribution in [2.24, 2.45) is 11.8 Å². The maximum atomic E-state index is 12.1. The van der Waals surface area contributed by atoms with Gasteiger partial charge in [-0.05, 0) is 25.7 Å². The number of imide groups is 1. The van der Waals surface area contributed by atoms with Crippen LogP contribution in [0.3, 0.4) is 0 Å². The van der Waals surface area contributed by atoms with Crippen LogP contribution < -0.4 is 0 Å². The maximum absolute atomic E-state index is 12.1. The Balaban J connectivity index is 1.58. The number of fused-ring (bicyclic) bond motifs is 2. The van der Waals surface area contributed by atoms with Crippen molar-refractivity contribution in [1.29, 1.82) is 0 Å². The summed E-state index contributed by atoms with van der Waals surface area (Å²) < 4.78 is 0. The van der Waals surface area contributed by atoms with Gasteiger partial charge in [0.2, 0.25) is 11.8 Å². The molecule has 3 rings (SSSR count). The molecule has 2 heterocycles. The van der Waals surface area contributed by atoms with Gasteiger partial charge in [-0.25, -0.2) is 4.98 Å². The summed E-state index contributed by atoms with van der Waals surface area (Å²) in [6.07, 6.45) is 5.46.